The topological polar surface area (TPSA) is 64.2 Å². The molecule has 3 rings (SSSR count). The van der Waals surface area contributed by atoms with Gasteiger partial charge in [0.1, 0.15) is 12.4 Å². The number of carbonyl (C=O) groups is 3. The lowest BCUT2D eigenvalue weighted by molar-refractivity contribution is -0.132. The fourth-order valence-electron chi connectivity index (χ4n) is 3.66. The van der Waals surface area contributed by atoms with Crippen molar-refractivity contribution >= 4 is 17.8 Å². The van der Waals surface area contributed by atoms with Crippen LogP contribution < -0.4 is 0 Å². The zero-order chi connectivity index (χ0) is 20.1. The minimum Gasteiger partial charge on any atom is -0.341 e. The molecule has 2 aliphatic rings. The SMILES string of the molecule is CN1CC(=O)N(CCCC(=O)N2CCCN(Cc3ccc(F)cc3)CC2)C1=O. The van der Waals surface area contributed by atoms with Crippen molar-refractivity contribution in [2.45, 2.75) is 25.8 Å². The molecule has 0 unspecified atom stereocenters. The van der Waals surface area contributed by atoms with Crippen LogP contribution >= 0.6 is 0 Å². The van der Waals surface area contributed by atoms with E-state index in [4.69, 9.17) is 0 Å². The number of urea groups is 1. The fraction of sp³-hybridized carbons (Fsp3) is 0.550. The smallest absolute Gasteiger partial charge is 0.326 e. The Kier molecular flexibility index (Phi) is 6.61. The Labute approximate surface area is 164 Å². The van der Waals surface area contributed by atoms with Crippen molar-refractivity contribution in [3.8, 4) is 0 Å². The van der Waals surface area contributed by atoms with Crippen LogP contribution in [-0.4, -0.2) is 83.8 Å². The first-order valence-electron chi connectivity index (χ1n) is 9.74. The molecule has 1 aromatic carbocycles. The second-order valence-electron chi connectivity index (χ2n) is 7.42. The van der Waals surface area contributed by atoms with Gasteiger partial charge in [0.2, 0.25) is 11.8 Å². The normalized spacial score (nSPS) is 18.7. The van der Waals surface area contributed by atoms with Crippen LogP contribution in [0.3, 0.4) is 0 Å². The number of likely N-dealkylation sites (N-methyl/N-ethyl adjacent to an activating group) is 1. The molecule has 0 saturated carbocycles. The Hall–Kier alpha value is -2.48. The van der Waals surface area contributed by atoms with Crippen LogP contribution in [0.4, 0.5) is 9.18 Å². The van der Waals surface area contributed by atoms with Crippen LogP contribution in [0.2, 0.25) is 0 Å². The maximum Gasteiger partial charge on any atom is 0.326 e. The van der Waals surface area contributed by atoms with Crippen LogP contribution in [0, 0.1) is 5.82 Å². The molecule has 0 atom stereocenters. The summed E-state index contributed by atoms with van der Waals surface area (Å²) in [5.74, 6) is -0.373. The first-order valence-corrected chi connectivity index (χ1v) is 9.74. The lowest BCUT2D eigenvalue weighted by atomic mass is 10.2. The lowest BCUT2D eigenvalue weighted by Gasteiger charge is -2.22. The third-order valence-corrected chi connectivity index (χ3v) is 5.26. The third-order valence-electron chi connectivity index (χ3n) is 5.26. The number of hydrogen-bond acceptors (Lipinski definition) is 4. The molecule has 1 aromatic rings. The van der Waals surface area contributed by atoms with Gasteiger partial charge in [0.25, 0.3) is 0 Å². The standard InChI is InChI=1S/C20H27FN4O3/c1-22-15-19(27)25(20(22)28)11-2-4-18(26)24-10-3-9-23(12-13-24)14-16-5-7-17(21)8-6-16/h5-8H,2-4,9-15H2,1H3. The van der Waals surface area contributed by atoms with Crippen LogP contribution in [0.25, 0.3) is 0 Å². The Balaban J connectivity index is 1.42. The van der Waals surface area contributed by atoms with Gasteiger partial charge in [-0.15, -0.1) is 0 Å². The van der Waals surface area contributed by atoms with Gasteiger partial charge in [-0.05, 0) is 30.5 Å². The monoisotopic (exact) mass is 390 g/mol. The van der Waals surface area contributed by atoms with E-state index in [2.05, 4.69) is 4.90 Å². The van der Waals surface area contributed by atoms with Gasteiger partial charge in [-0.1, -0.05) is 12.1 Å². The number of halogens is 1. The Morgan fingerprint density at radius 3 is 2.50 bits per heavy atom. The van der Waals surface area contributed by atoms with E-state index in [1.165, 1.54) is 21.9 Å². The van der Waals surface area contributed by atoms with E-state index in [0.29, 0.717) is 25.9 Å². The van der Waals surface area contributed by atoms with Crippen molar-refractivity contribution in [1.29, 1.82) is 0 Å². The predicted molar refractivity (Wildman–Crippen MR) is 102 cm³/mol. The zero-order valence-corrected chi connectivity index (χ0v) is 16.3. The number of benzene rings is 1. The molecular weight excluding hydrogens is 363 g/mol. The largest absolute Gasteiger partial charge is 0.341 e. The van der Waals surface area contributed by atoms with Crippen molar-refractivity contribution in [3.05, 3.63) is 35.6 Å². The number of imide groups is 1. The molecule has 0 aromatic heterocycles. The molecule has 2 fully saturated rings. The highest BCUT2D eigenvalue weighted by atomic mass is 19.1. The molecule has 0 radical (unpaired) electrons. The molecule has 2 aliphatic heterocycles. The van der Waals surface area contributed by atoms with Crippen molar-refractivity contribution in [2.24, 2.45) is 0 Å². The van der Waals surface area contributed by atoms with Gasteiger partial charge in [0, 0.05) is 52.7 Å². The molecule has 28 heavy (non-hydrogen) atoms. The third kappa shape index (κ3) is 5.07. The summed E-state index contributed by atoms with van der Waals surface area (Å²) in [6, 6.07) is 6.24. The second kappa shape index (κ2) is 9.14. The first-order chi connectivity index (χ1) is 13.4. The fourth-order valence-corrected chi connectivity index (χ4v) is 3.66. The maximum atomic E-state index is 13.0. The Bertz CT molecular complexity index is 725. The van der Waals surface area contributed by atoms with Gasteiger partial charge < -0.3 is 9.80 Å². The number of amides is 4. The van der Waals surface area contributed by atoms with E-state index >= 15 is 0 Å². The zero-order valence-electron chi connectivity index (χ0n) is 16.3. The van der Waals surface area contributed by atoms with E-state index in [0.717, 1.165) is 31.6 Å². The van der Waals surface area contributed by atoms with Gasteiger partial charge in [-0.25, -0.2) is 9.18 Å². The number of hydrogen-bond donors (Lipinski definition) is 0. The first kappa shape index (κ1) is 20.3. The Morgan fingerprint density at radius 1 is 1.07 bits per heavy atom. The van der Waals surface area contributed by atoms with E-state index < -0.39 is 0 Å². The molecule has 2 saturated heterocycles. The van der Waals surface area contributed by atoms with Crippen molar-refractivity contribution in [1.82, 2.24) is 19.6 Å². The van der Waals surface area contributed by atoms with Crippen LogP contribution in [-0.2, 0) is 16.1 Å². The summed E-state index contributed by atoms with van der Waals surface area (Å²) in [6.07, 6.45) is 1.71. The highest BCUT2D eigenvalue weighted by Gasteiger charge is 2.33. The van der Waals surface area contributed by atoms with Gasteiger partial charge >= 0.3 is 6.03 Å². The summed E-state index contributed by atoms with van der Waals surface area (Å²) >= 11 is 0. The molecule has 152 valence electrons. The number of rotatable bonds is 6. The molecule has 0 aliphatic carbocycles. The summed E-state index contributed by atoms with van der Waals surface area (Å²) < 4.78 is 13.0. The molecule has 4 amide bonds. The molecule has 0 N–H and O–H groups in total. The molecule has 7 nitrogen and oxygen atoms in total. The van der Waals surface area contributed by atoms with E-state index in [1.54, 1.807) is 19.2 Å². The van der Waals surface area contributed by atoms with E-state index in [-0.39, 0.29) is 36.8 Å². The second-order valence-corrected chi connectivity index (χ2v) is 7.42. The van der Waals surface area contributed by atoms with Crippen molar-refractivity contribution < 1.29 is 18.8 Å². The molecule has 2 heterocycles. The van der Waals surface area contributed by atoms with E-state index in [9.17, 15) is 18.8 Å². The van der Waals surface area contributed by atoms with Crippen LogP contribution in [0.1, 0.15) is 24.8 Å². The molecule has 0 bridgehead atoms. The Morgan fingerprint density at radius 2 is 1.82 bits per heavy atom. The van der Waals surface area contributed by atoms with E-state index in [1.807, 2.05) is 4.90 Å². The van der Waals surface area contributed by atoms with Gasteiger partial charge in [0.05, 0.1) is 0 Å². The lowest BCUT2D eigenvalue weighted by Crippen LogP contribution is -2.36. The minimum atomic E-state index is -0.288. The average Bonchev–Trinajstić information content (AvgIpc) is 2.83. The predicted octanol–water partition coefficient (Wildman–Crippen LogP) is 1.53. The summed E-state index contributed by atoms with van der Waals surface area (Å²) in [6.45, 7) is 4.19. The summed E-state index contributed by atoms with van der Waals surface area (Å²) in [5.41, 5.74) is 1.06. The molecular formula is C20H27FN4O3. The maximum absolute atomic E-state index is 13.0. The summed E-state index contributed by atoms with van der Waals surface area (Å²) in [4.78, 5) is 42.9. The number of carbonyl (C=O) groups excluding carboxylic acids is 3. The van der Waals surface area contributed by atoms with Gasteiger partial charge in [-0.3, -0.25) is 19.4 Å². The van der Waals surface area contributed by atoms with Crippen LogP contribution in [0.5, 0.6) is 0 Å². The molecule has 0 spiro atoms. The highest BCUT2D eigenvalue weighted by molar-refractivity contribution is 6.01. The molecule has 8 heteroatoms. The van der Waals surface area contributed by atoms with Gasteiger partial charge in [-0.2, -0.15) is 0 Å². The summed E-state index contributed by atoms with van der Waals surface area (Å²) in [7, 11) is 1.60. The highest BCUT2D eigenvalue weighted by Crippen LogP contribution is 2.13. The number of nitrogens with zero attached hydrogens (tertiary/aromatic N) is 4. The minimum absolute atomic E-state index is 0.0658. The van der Waals surface area contributed by atoms with Crippen molar-refractivity contribution in [3.63, 3.8) is 0 Å². The average molecular weight is 390 g/mol. The summed E-state index contributed by atoms with van der Waals surface area (Å²) in [5, 5.41) is 0. The quantitative estimate of drug-likeness (QED) is 0.691. The van der Waals surface area contributed by atoms with Crippen LogP contribution in [0.15, 0.2) is 24.3 Å². The van der Waals surface area contributed by atoms with Gasteiger partial charge in [0.15, 0.2) is 0 Å². The van der Waals surface area contributed by atoms with Crippen molar-refractivity contribution in [2.75, 3.05) is 46.3 Å².